The predicted molar refractivity (Wildman–Crippen MR) is 77.5 cm³/mol. The van der Waals surface area contributed by atoms with Gasteiger partial charge in [-0.05, 0) is 44.0 Å². The molecule has 1 heterocycles. The smallest absolute Gasteiger partial charge is 0.0534 e. The van der Waals surface area contributed by atoms with Crippen LogP contribution < -0.4 is 0 Å². The molecule has 3 aromatic rings. The lowest BCUT2D eigenvalue weighted by Gasteiger charge is -2.11. The van der Waals surface area contributed by atoms with Crippen LogP contribution in [0, 0.1) is 20.8 Å². The Balaban J connectivity index is 2.43. The molecule has 0 amide bonds. The van der Waals surface area contributed by atoms with Gasteiger partial charge in [0.05, 0.1) is 5.52 Å². The van der Waals surface area contributed by atoms with Crippen molar-refractivity contribution in [3.63, 3.8) is 0 Å². The van der Waals surface area contributed by atoms with Gasteiger partial charge in [0.15, 0.2) is 0 Å². The molecule has 0 spiro atoms. The molecule has 1 aromatic heterocycles. The Bertz CT molecular complexity index is 720. The molecule has 1 nitrogen and oxygen atoms in total. The average molecular weight is 235 g/mol. The van der Waals surface area contributed by atoms with Gasteiger partial charge in [-0.25, -0.2) is 0 Å². The number of nitrogens with zero attached hydrogens (tertiary/aromatic N) is 1. The molecular formula is C17H17N. The first kappa shape index (κ1) is 11.1. The quantitative estimate of drug-likeness (QED) is 0.583. The summed E-state index contributed by atoms with van der Waals surface area (Å²) in [6, 6.07) is 17.2. The van der Waals surface area contributed by atoms with Crippen molar-refractivity contribution >= 4 is 10.9 Å². The van der Waals surface area contributed by atoms with Crippen molar-refractivity contribution in [2.45, 2.75) is 20.8 Å². The van der Waals surface area contributed by atoms with Gasteiger partial charge < -0.3 is 4.57 Å². The number of fused-ring (bicyclic) bond motifs is 1. The first-order valence-electron chi connectivity index (χ1n) is 6.33. The summed E-state index contributed by atoms with van der Waals surface area (Å²) >= 11 is 0. The van der Waals surface area contributed by atoms with E-state index in [1.807, 2.05) is 0 Å². The Morgan fingerprint density at radius 1 is 0.778 bits per heavy atom. The predicted octanol–water partition coefficient (Wildman–Crippen LogP) is 4.56. The third kappa shape index (κ3) is 1.47. The van der Waals surface area contributed by atoms with Crippen LogP contribution in [0.2, 0.25) is 0 Å². The minimum Gasteiger partial charge on any atom is -0.313 e. The van der Waals surface area contributed by atoms with Crippen LogP contribution in [0.25, 0.3) is 16.6 Å². The summed E-state index contributed by atoms with van der Waals surface area (Å²) in [5.74, 6) is 0. The van der Waals surface area contributed by atoms with E-state index in [1.165, 1.54) is 33.4 Å². The molecular weight excluding hydrogens is 218 g/mol. The van der Waals surface area contributed by atoms with Crippen LogP contribution in [-0.4, -0.2) is 4.57 Å². The summed E-state index contributed by atoms with van der Waals surface area (Å²) in [5, 5.41) is 1.35. The molecule has 0 aliphatic carbocycles. The molecule has 2 aromatic carbocycles. The van der Waals surface area contributed by atoms with Crippen molar-refractivity contribution in [1.82, 2.24) is 4.57 Å². The summed E-state index contributed by atoms with van der Waals surface area (Å²) in [6.07, 6.45) is 0. The van der Waals surface area contributed by atoms with E-state index in [-0.39, 0.29) is 0 Å². The number of rotatable bonds is 1. The molecule has 0 fully saturated rings. The van der Waals surface area contributed by atoms with Crippen LogP contribution in [0.3, 0.4) is 0 Å². The van der Waals surface area contributed by atoms with Crippen molar-refractivity contribution in [1.29, 1.82) is 0 Å². The first-order valence-corrected chi connectivity index (χ1v) is 6.33. The van der Waals surface area contributed by atoms with Gasteiger partial charge in [0.1, 0.15) is 0 Å². The Hall–Kier alpha value is -2.02. The number of hydrogen-bond acceptors (Lipinski definition) is 0. The lowest BCUT2D eigenvalue weighted by molar-refractivity contribution is 1.03. The average Bonchev–Trinajstić information content (AvgIpc) is 2.64. The summed E-state index contributed by atoms with van der Waals surface area (Å²) < 4.78 is 2.36. The Morgan fingerprint density at radius 2 is 1.44 bits per heavy atom. The van der Waals surface area contributed by atoms with Crippen molar-refractivity contribution in [2.75, 3.05) is 0 Å². The highest BCUT2D eigenvalue weighted by molar-refractivity contribution is 5.87. The van der Waals surface area contributed by atoms with Gasteiger partial charge in [-0.15, -0.1) is 0 Å². The first-order chi connectivity index (χ1) is 8.70. The fraction of sp³-hybridized carbons (Fsp3) is 0.176. The van der Waals surface area contributed by atoms with Crippen molar-refractivity contribution in [2.24, 2.45) is 0 Å². The molecule has 18 heavy (non-hydrogen) atoms. The van der Waals surface area contributed by atoms with Crippen LogP contribution in [0.1, 0.15) is 16.8 Å². The van der Waals surface area contributed by atoms with Crippen LogP contribution in [0.15, 0.2) is 48.5 Å². The van der Waals surface area contributed by atoms with E-state index in [4.69, 9.17) is 0 Å². The summed E-state index contributed by atoms with van der Waals surface area (Å²) in [5.41, 5.74) is 6.57. The van der Waals surface area contributed by atoms with Crippen LogP contribution in [-0.2, 0) is 0 Å². The number of benzene rings is 2. The molecule has 0 atom stereocenters. The molecule has 0 aliphatic rings. The molecule has 0 bridgehead atoms. The van der Waals surface area contributed by atoms with Crippen molar-refractivity contribution in [3.05, 3.63) is 65.4 Å². The molecule has 1 heteroatoms. The SMILES string of the molecule is Cc1ccccc1-n1c(C)c(C)c2ccccc21. The van der Waals surface area contributed by atoms with E-state index in [0.29, 0.717) is 0 Å². The third-order valence-electron chi connectivity index (χ3n) is 3.78. The normalized spacial score (nSPS) is 11.1. The van der Waals surface area contributed by atoms with E-state index >= 15 is 0 Å². The maximum absolute atomic E-state index is 2.36. The second-order valence-electron chi connectivity index (χ2n) is 4.85. The highest BCUT2D eigenvalue weighted by Crippen LogP contribution is 2.29. The number of aryl methyl sites for hydroxylation is 2. The van der Waals surface area contributed by atoms with E-state index in [1.54, 1.807) is 0 Å². The second kappa shape index (κ2) is 4.02. The minimum absolute atomic E-state index is 1.28. The van der Waals surface area contributed by atoms with Gasteiger partial charge in [-0.2, -0.15) is 0 Å². The zero-order chi connectivity index (χ0) is 12.7. The van der Waals surface area contributed by atoms with Gasteiger partial charge in [-0.3, -0.25) is 0 Å². The molecule has 0 radical (unpaired) electrons. The highest BCUT2D eigenvalue weighted by Gasteiger charge is 2.12. The minimum atomic E-state index is 1.28. The van der Waals surface area contributed by atoms with E-state index in [0.717, 1.165) is 0 Å². The zero-order valence-electron chi connectivity index (χ0n) is 11.1. The fourth-order valence-electron chi connectivity index (χ4n) is 2.65. The van der Waals surface area contributed by atoms with Gasteiger partial charge in [-0.1, -0.05) is 36.4 Å². The summed E-state index contributed by atoms with van der Waals surface area (Å²) in [6.45, 7) is 6.56. The highest BCUT2D eigenvalue weighted by atomic mass is 15.0. The van der Waals surface area contributed by atoms with Gasteiger partial charge in [0.25, 0.3) is 0 Å². The molecule has 0 unspecified atom stereocenters. The Kier molecular flexibility index (Phi) is 2.48. The largest absolute Gasteiger partial charge is 0.313 e. The molecule has 0 aliphatic heterocycles. The van der Waals surface area contributed by atoms with Crippen LogP contribution >= 0.6 is 0 Å². The van der Waals surface area contributed by atoms with Crippen LogP contribution in [0.5, 0.6) is 0 Å². The lowest BCUT2D eigenvalue weighted by Crippen LogP contribution is -1.98. The molecule has 3 rings (SSSR count). The second-order valence-corrected chi connectivity index (χ2v) is 4.85. The van der Waals surface area contributed by atoms with Crippen LogP contribution in [0.4, 0.5) is 0 Å². The zero-order valence-corrected chi connectivity index (χ0v) is 11.1. The standard InChI is InChI=1S/C17H17N/c1-12-8-4-6-10-16(12)18-14(3)13(2)15-9-5-7-11-17(15)18/h4-11H,1-3H3. The fourth-order valence-corrected chi connectivity index (χ4v) is 2.65. The topological polar surface area (TPSA) is 4.93 Å². The van der Waals surface area contributed by atoms with Gasteiger partial charge in [0.2, 0.25) is 0 Å². The number of hydrogen-bond donors (Lipinski definition) is 0. The van der Waals surface area contributed by atoms with Crippen molar-refractivity contribution < 1.29 is 0 Å². The lowest BCUT2D eigenvalue weighted by atomic mass is 10.2. The van der Waals surface area contributed by atoms with E-state index in [2.05, 4.69) is 73.9 Å². The Morgan fingerprint density at radius 3 is 2.22 bits per heavy atom. The Labute approximate surface area is 108 Å². The third-order valence-corrected chi connectivity index (χ3v) is 3.78. The number of aromatic nitrogens is 1. The molecule has 0 saturated carbocycles. The maximum Gasteiger partial charge on any atom is 0.0534 e. The summed E-state index contributed by atoms with van der Waals surface area (Å²) in [4.78, 5) is 0. The van der Waals surface area contributed by atoms with Gasteiger partial charge in [0, 0.05) is 16.8 Å². The summed E-state index contributed by atoms with van der Waals surface area (Å²) in [7, 11) is 0. The molecule has 0 N–H and O–H groups in total. The van der Waals surface area contributed by atoms with E-state index in [9.17, 15) is 0 Å². The maximum atomic E-state index is 2.36. The van der Waals surface area contributed by atoms with Crippen molar-refractivity contribution in [3.8, 4) is 5.69 Å². The molecule has 90 valence electrons. The number of para-hydroxylation sites is 2. The molecule has 0 saturated heterocycles. The monoisotopic (exact) mass is 235 g/mol. The van der Waals surface area contributed by atoms with E-state index < -0.39 is 0 Å². The van der Waals surface area contributed by atoms with Gasteiger partial charge >= 0.3 is 0 Å².